The number of nitrogens with zero attached hydrogens (tertiary/aromatic N) is 3. The lowest BCUT2D eigenvalue weighted by Gasteiger charge is -2.25. The first-order chi connectivity index (χ1) is 15.3. The van der Waals surface area contributed by atoms with Crippen LogP contribution < -0.4 is 0 Å². The Balaban J connectivity index is 1.39. The van der Waals surface area contributed by atoms with E-state index in [2.05, 4.69) is 11.2 Å². The van der Waals surface area contributed by atoms with E-state index >= 15 is 0 Å². The summed E-state index contributed by atoms with van der Waals surface area (Å²) >= 11 is 0. The smallest absolute Gasteiger partial charge is 0.254 e. The molecule has 0 saturated carbocycles. The number of benzene rings is 2. The zero-order chi connectivity index (χ0) is 21.0. The third-order valence-electron chi connectivity index (χ3n) is 5.90. The number of hydrogen-bond acceptors (Lipinski definition) is 3. The zero-order valence-electron chi connectivity index (χ0n) is 17.4. The predicted octanol–water partition coefficient (Wildman–Crippen LogP) is 4.33. The molecule has 1 aliphatic heterocycles. The summed E-state index contributed by atoms with van der Waals surface area (Å²) in [4.78, 5) is 15.5. The highest BCUT2D eigenvalue weighted by Crippen LogP contribution is 2.26. The van der Waals surface area contributed by atoms with E-state index in [1.54, 1.807) is 0 Å². The Labute approximate surface area is 181 Å². The number of pyridine rings is 1. The van der Waals surface area contributed by atoms with Crippen LogP contribution in [-0.2, 0) is 11.2 Å². The van der Waals surface area contributed by atoms with Crippen molar-refractivity contribution in [1.29, 1.82) is 0 Å². The van der Waals surface area contributed by atoms with E-state index in [9.17, 15) is 4.79 Å². The molecule has 3 heterocycles. The second kappa shape index (κ2) is 8.74. The maximum absolute atomic E-state index is 13.6. The molecular formula is C26H25N3O2. The largest absolute Gasteiger partial charge is 0.379 e. The first-order valence-electron chi connectivity index (χ1n) is 10.7. The van der Waals surface area contributed by atoms with Gasteiger partial charge in [0.25, 0.3) is 5.91 Å². The molecule has 1 fully saturated rings. The molecule has 0 bridgehead atoms. The average Bonchev–Trinajstić information content (AvgIpc) is 3.19. The summed E-state index contributed by atoms with van der Waals surface area (Å²) in [7, 11) is 0. The van der Waals surface area contributed by atoms with Gasteiger partial charge < -0.3 is 9.64 Å². The van der Waals surface area contributed by atoms with Gasteiger partial charge in [-0.2, -0.15) is 5.10 Å². The van der Waals surface area contributed by atoms with Crippen LogP contribution in [0.4, 0.5) is 0 Å². The summed E-state index contributed by atoms with van der Waals surface area (Å²) in [6.45, 7) is 2.50. The van der Waals surface area contributed by atoms with E-state index in [0.717, 1.165) is 28.6 Å². The Morgan fingerprint density at radius 3 is 2.74 bits per heavy atom. The van der Waals surface area contributed by atoms with Gasteiger partial charge in [-0.25, -0.2) is 4.52 Å². The summed E-state index contributed by atoms with van der Waals surface area (Å²) in [5.41, 5.74) is 5.11. The van der Waals surface area contributed by atoms with Crippen LogP contribution in [0.2, 0.25) is 0 Å². The van der Waals surface area contributed by atoms with Gasteiger partial charge in [-0.05, 0) is 41.3 Å². The molecule has 1 saturated heterocycles. The van der Waals surface area contributed by atoms with Crippen LogP contribution in [0.25, 0.3) is 16.6 Å². The minimum Gasteiger partial charge on any atom is -0.379 e. The van der Waals surface area contributed by atoms with E-state index in [1.807, 2.05) is 88.5 Å². The first-order valence-corrected chi connectivity index (χ1v) is 10.7. The van der Waals surface area contributed by atoms with Gasteiger partial charge in [-0.15, -0.1) is 0 Å². The fourth-order valence-electron chi connectivity index (χ4n) is 4.39. The lowest BCUT2D eigenvalue weighted by Crippen LogP contribution is -2.36. The van der Waals surface area contributed by atoms with Crippen molar-refractivity contribution < 1.29 is 9.53 Å². The molecule has 2 aromatic heterocycles. The van der Waals surface area contributed by atoms with Crippen LogP contribution in [0.1, 0.15) is 15.9 Å². The predicted molar refractivity (Wildman–Crippen MR) is 121 cm³/mol. The van der Waals surface area contributed by atoms with Crippen LogP contribution in [0.15, 0.2) is 85.2 Å². The highest BCUT2D eigenvalue weighted by Gasteiger charge is 2.25. The summed E-state index contributed by atoms with van der Waals surface area (Å²) in [6.07, 6.45) is 4.62. The van der Waals surface area contributed by atoms with Crippen molar-refractivity contribution in [1.82, 2.24) is 14.5 Å². The molecule has 0 aliphatic carbocycles. The van der Waals surface area contributed by atoms with Crippen molar-refractivity contribution in [3.8, 4) is 11.1 Å². The third-order valence-corrected chi connectivity index (χ3v) is 5.90. The molecule has 5 heteroatoms. The average molecular weight is 412 g/mol. The molecule has 31 heavy (non-hydrogen) atoms. The SMILES string of the molecule is O=C(c1ccccc1-c1ccccc1)N1CCOCC(Cc2cccn3nccc23)C1. The second-order valence-electron chi connectivity index (χ2n) is 8.00. The summed E-state index contributed by atoms with van der Waals surface area (Å²) < 4.78 is 7.78. The number of carbonyl (C=O) groups is 1. The molecule has 1 aliphatic rings. The van der Waals surface area contributed by atoms with E-state index in [0.29, 0.717) is 26.3 Å². The van der Waals surface area contributed by atoms with E-state index < -0.39 is 0 Å². The lowest BCUT2D eigenvalue weighted by atomic mass is 9.97. The van der Waals surface area contributed by atoms with E-state index in [1.165, 1.54) is 5.56 Å². The van der Waals surface area contributed by atoms with Gasteiger partial charge in [0.15, 0.2) is 0 Å². The van der Waals surface area contributed by atoms with Gasteiger partial charge in [0.05, 0.1) is 18.7 Å². The topological polar surface area (TPSA) is 46.8 Å². The molecule has 5 nitrogen and oxygen atoms in total. The number of hydrogen-bond donors (Lipinski definition) is 0. The number of carbonyl (C=O) groups excluding carboxylic acids is 1. The van der Waals surface area contributed by atoms with Crippen molar-refractivity contribution in [2.45, 2.75) is 6.42 Å². The monoisotopic (exact) mass is 411 g/mol. The number of ether oxygens (including phenoxy) is 1. The summed E-state index contributed by atoms with van der Waals surface area (Å²) in [6, 6.07) is 24.2. The number of rotatable bonds is 4. The molecule has 1 amide bonds. The highest BCUT2D eigenvalue weighted by molar-refractivity contribution is 6.00. The lowest BCUT2D eigenvalue weighted by molar-refractivity contribution is 0.0738. The second-order valence-corrected chi connectivity index (χ2v) is 8.00. The van der Waals surface area contributed by atoms with Gasteiger partial charge in [0.1, 0.15) is 0 Å². The van der Waals surface area contributed by atoms with Crippen molar-refractivity contribution >= 4 is 11.4 Å². The fourth-order valence-corrected chi connectivity index (χ4v) is 4.39. The summed E-state index contributed by atoms with van der Waals surface area (Å²) in [5, 5.41) is 4.33. The zero-order valence-corrected chi connectivity index (χ0v) is 17.4. The van der Waals surface area contributed by atoms with Crippen LogP contribution in [0.3, 0.4) is 0 Å². The Bertz CT molecular complexity index is 1190. The molecule has 2 aromatic carbocycles. The first kappa shape index (κ1) is 19.5. The Morgan fingerprint density at radius 1 is 1.00 bits per heavy atom. The van der Waals surface area contributed by atoms with Crippen LogP contribution in [-0.4, -0.2) is 46.7 Å². The fraction of sp³-hybridized carbons (Fsp3) is 0.231. The molecule has 5 rings (SSSR count). The quantitative estimate of drug-likeness (QED) is 0.502. The van der Waals surface area contributed by atoms with Crippen molar-refractivity contribution in [3.63, 3.8) is 0 Å². The van der Waals surface area contributed by atoms with Gasteiger partial charge in [0, 0.05) is 37.0 Å². The van der Waals surface area contributed by atoms with Gasteiger partial charge >= 0.3 is 0 Å². The van der Waals surface area contributed by atoms with E-state index in [4.69, 9.17) is 4.74 Å². The normalized spacial score (nSPS) is 16.9. The van der Waals surface area contributed by atoms with Crippen molar-refractivity contribution in [3.05, 3.63) is 96.3 Å². The minimum atomic E-state index is 0.0671. The Morgan fingerprint density at radius 2 is 1.84 bits per heavy atom. The van der Waals surface area contributed by atoms with Gasteiger partial charge in [-0.3, -0.25) is 4.79 Å². The van der Waals surface area contributed by atoms with Crippen LogP contribution in [0.5, 0.6) is 0 Å². The standard InChI is InChI=1S/C26H25N3O2/c30-26(24-11-5-4-10-23(24)21-7-2-1-3-8-21)28-15-16-31-19-20(18-28)17-22-9-6-14-29-25(22)12-13-27-29/h1-14,20H,15-19H2. The van der Waals surface area contributed by atoms with Crippen molar-refractivity contribution in [2.75, 3.05) is 26.3 Å². The van der Waals surface area contributed by atoms with Crippen LogP contribution >= 0.6 is 0 Å². The maximum Gasteiger partial charge on any atom is 0.254 e. The number of amides is 1. The van der Waals surface area contributed by atoms with E-state index in [-0.39, 0.29) is 11.8 Å². The molecule has 0 radical (unpaired) electrons. The number of fused-ring (bicyclic) bond motifs is 1. The summed E-state index contributed by atoms with van der Waals surface area (Å²) in [5.74, 6) is 0.300. The van der Waals surface area contributed by atoms with Crippen molar-refractivity contribution in [2.24, 2.45) is 5.92 Å². The Kier molecular flexibility index (Phi) is 5.50. The molecule has 156 valence electrons. The highest BCUT2D eigenvalue weighted by atomic mass is 16.5. The minimum absolute atomic E-state index is 0.0671. The molecule has 4 aromatic rings. The molecule has 0 spiro atoms. The maximum atomic E-state index is 13.6. The van der Waals surface area contributed by atoms with Gasteiger partial charge in [0.2, 0.25) is 0 Å². The molecule has 1 unspecified atom stereocenters. The molecular weight excluding hydrogens is 386 g/mol. The van der Waals surface area contributed by atoms with Crippen LogP contribution in [0, 0.1) is 5.92 Å². The number of aromatic nitrogens is 2. The molecule has 1 atom stereocenters. The Hall–Kier alpha value is -3.44. The van der Waals surface area contributed by atoms with Gasteiger partial charge in [-0.1, -0.05) is 54.6 Å². The third kappa shape index (κ3) is 4.09. The molecule has 0 N–H and O–H groups in total.